The molecule has 1 amide bonds. The molecule has 2 N–H and O–H groups in total. The van der Waals surface area contributed by atoms with Gasteiger partial charge in [0.15, 0.2) is 6.61 Å². The van der Waals surface area contributed by atoms with E-state index in [0.717, 1.165) is 11.3 Å². The molecule has 1 rings (SSSR count). The van der Waals surface area contributed by atoms with Crippen molar-refractivity contribution >= 4 is 5.91 Å². The lowest BCUT2D eigenvalue weighted by Gasteiger charge is -2.23. The Morgan fingerprint density at radius 2 is 2.00 bits per heavy atom. The number of carbonyl (C=O) groups excluding carboxylic acids is 1. The van der Waals surface area contributed by atoms with Crippen molar-refractivity contribution in [2.45, 2.75) is 33.1 Å². The molecule has 0 bridgehead atoms. The van der Waals surface area contributed by atoms with E-state index >= 15 is 0 Å². The summed E-state index contributed by atoms with van der Waals surface area (Å²) in [5.41, 5.74) is 7.32. The Kier molecular flexibility index (Phi) is 3.58. The van der Waals surface area contributed by atoms with Crippen LogP contribution in [0.25, 0.3) is 0 Å². The number of hydrogen-bond donors (Lipinski definition) is 1. The van der Waals surface area contributed by atoms with Crippen LogP contribution in [-0.2, 0) is 10.2 Å². The van der Waals surface area contributed by atoms with Crippen LogP contribution in [0.5, 0.6) is 5.75 Å². The maximum atomic E-state index is 10.7. The minimum absolute atomic E-state index is 0.0149. The number of primary amides is 1. The van der Waals surface area contributed by atoms with Gasteiger partial charge in [0.05, 0.1) is 0 Å². The number of carbonyl (C=O) groups is 1. The molecule has 3 heteroatoms. The van der Waals surface area contributed by atoms with Crippen LogP contribution in [0.1, 0.15) is 31.9 Å². The molecule has 0 aliphatic heterocycles. The smallest absolute Gasteiger partial charge is 0.255 e. The summed E-state index contributed by atoms with van der Waals surface area (Å²) in [5, 5.41) is 0. The molecule has 1 aromatic rings. The van der Waals surface area contributed by atoms with E-state index in [2.05, 4.69) is 26.8 Å². The summed E-state index contributed by atoms with van der Waals surface area (Å²) >= 11 is 0. The molecule has 0 radical (unpaired) electrons. The molecule has 0 aliphatic rings. The van der Waals surface area contributed by atoms with Crippen molar-refractivity contribution in [3.63, 3.8) is 0 Å². The van der Waals surface area contributed by atoms with Crippen LogP contribution in [0, 0.1) is 6.92 Å². The predicted molar refractivity (Wildman–Crippen MR) is 64.6 cm³/mol. The summed E-state index contributed by atoms with van der Waals surface area (Å²) in [4.78, 5) is 10.7. The summed E-state index contributed by atoms with van der Waals surface area (Å²) in [7, 11) is 0. The van der Waals surface area contributed by atoms with Crippen molar-refractivity contribution in [3.05, 3.63) is 29.3 Å². The van der Waals surface area contributed by atoms with Gasteiger partial charge in [-0.3, -0.25) is 4.79 Å². The van der Waals surface area contributed by atoms with E-state index < -0.39 is 5.91 Å². The Bertz CT molecular complexity index is 391. The van der Waals surface area contributed by atoms with E-state index in [1.54, 1.807) is 0 Å². The van der Waals surface area contributed by atoms with Gasteiger partial charge < -0.3 is 10.5 Å². The van der Waals surface area contributed by atoms with Crippen LogP contribution < -0.4 is 10.5 Å². The van der Waals surface area contributed by atoms with Crippen molar-refractivity contribution in [1.29, 1.82) is 0 Å². The molecule has 0 fully saturated rings. The highest BCUT2D eigenvalue weighted by Crippen LogP contribution is 2.31. The first-order chi connectivity index (χ1) is 7.30. The van der Waals surface area contributed by atoms with Crippen molar-refractivity contribution in [2.24, 2.45) is 5.73 Å². The second kappa shape index (κ2) is 4.56. The summed E-state index contributed by atoms with van der Waals surface area (Å²) in [5.74, 6) is 0.275. The van der Waals surface area contributed by atoms with Crippen LogP contribution in [0.3, 0.4) is 0 Å². The summed E-state index contributed by atoms with van der Waals surface area (Å²) in [6.07, 6.45) is 0. The molecule has 0 aliphatic carbocycles. The van der Waals surface area contributed by atoms with Crippen LogP contribution >= 0.6 is 0 Å². The van der Waals surface area contributed by atoms with Gasteiger partial charge in [0, 0.05) is 0 Å². The Morgan fingerprint density at radius 1 is 1.38 bits per heavy atom. The van der Waals surface area contributed by atoms with Gasteiger partial charge in [-0.05, 0) is 24.0 Å². The van der Waals surface area contributed by atoms with Crippen molar-refractivity contribution in [3.8, 4) is 5.75 Å². The Morgan fingerprint density at radius 3 is 2.50 bits per heavy atom. The monoisotopic (exact) mass is 221 g/mol. The quantitative estimate of drug-likeness (QED) is 0.850. The first kappa shape index (κ1) is 12.6. The van der Waals surface area contributed by atoms with Gasteiger partial charge in [0.1, 0.15) is 5.75 Å². The second-order valence-electron chi connectivity index (χ2n) is 5.00. The first-order valence-corrected chi connectivity index (χ1v) is 5.33. The lowest BCUT2D eigenvalue weighted by molar-refractivity contribution is -0.119. The van der Waals surface area contributed by atoms with E-state index in [4.69, 9.17) is 10.5 Å². The first-order valence-electron chi connectivity index (χ1n) is 5.33. The normalized spacial score (nSPS) is 11.2. The standard InChI is InChI=1S/C13H19NO2/c1-9-5-6-11(16-8-12(14)15)10(7-9)13(2,3)4/h5-7H,8H2,1-4H3,(H2,14,15). The lowest BCUT2D eigenvalue weighted by atomic mass is 9.85. The Balaban J connectivity index is 3.03. The molecule has 0 unspecified atom stereocenters. The third kappa shape index (κ3) is 3.26. The van der Waals surface area contributed by atoms with Gasteiger partial charge in [0.25, 0.3) is 5.91 Å². The lowest BCUT2D eigenvalue weighted by Crippen LogP contribution is -2.22. The number of aryl methyl sites for hydroxylation is 1. The Labute approximate surface area is 96.6 Å². The number of hydrogen-bond acceptors (Lipinski definition) is 2. The van der Waals surface area contributed by atoms with Gasteiger partial charge in [-0.2, -0.15) is 0 Å². The third-order valence-electron chi connectivity index (χ3n) is 2.31. The summed E-state index contributed by atoms with van der Waals surface area (Å²) in [6.45, 7) is 8.29. The number of nitrogens with two attached hydrogens (primary N) is 1. The molecule has 0 spiro atoms. The molecule has 0 atom stereocenters. The maximum absolute atomic E-state index is 10.7. The second-order valence-corrected chi connectivity index (χ2v) is 5.00. The van der Waals surface area contributed by atoms with Gasteiger partial charge in [-0.25, -0.2) is 0 Å². The molecule has 0 aromatic heterocycles. The van der Waals surface area contributed by atoms with E-state index in [-0.39, 0.29) is 12.0 Å². The molecular formula is C13H19NO2. The van der Waals surface area contributed by atoms with E-state index in [1.807, 2.05) is 19.1 Å². The average Bonchev–Trinajstić information content (AvgIpc) is 2.14. The zero-order valence-electron chi connectivity index (χ0n) is 10.3. The van der Waals surface area contributed by atoms with Gasteiger partial charge in [0.2, 0.25) is 0 Å². The van der Waals surface area contributed by atoms with Crippen LogP contribution in [-0.4, -0.2) is 12.5 Å². The van der Waals surface area contributed by atoms with Gasteiger partial charge >= 0.3 is 0 Å². The fourth-order valence-corrected chi connectivity index (χ4v) is 1.50. The van der Waals surface area contributed by atoms with Crippen molar-refractivity contribution in [2.75, 3.05) is 6.61 Å². The average molecular weight is 221 g/mol. The fraction of sp³-hybridized carbons (Fsp3) is 0.462. The summed E-state index contributed by atoms with van der Waals surface area (Å²) in [6, 6.07) is 5.93. The van der Waals surface area contributed by atoms with Crippen molar-refractivity contribution in [1.82, 2.24) is 0 Å². The van der Waals surface area contributed by atoms with Crippen LogP contribution in [0.2, 0.25) is 0 Å². The molecule has 0 heterocycles. The highest BCUT2D eigenvalue weighted by atomic mass is 16.5. The van der Waals surface area contributed by atoms with Gasteiger partial charge in [-0.1, -0.05) is 38.5 Å². The highest BCUT2D eigenvalue weighted by Gasteiger charge is 2.19. The van der Waals surface area contributed by atoms with E-state index in [1.165, 1.54) is 5.56 Å². The minimum Gasteiger partial charge on any atom is -0.483 e. The number of benzene rings is 1. The predicted octanol–water partition coefficient (Wildman–Crippen LogP) is 2.16. The number of amides is 1. The molecule has 3 nitrogen and oxygen atoms in total. The SMILES string of the molecule is Cc1ccc(OCC(N)=O)c(C(C)(C)C)c1. The maximum Gasteiger partial charge on any atom is 0.255 e. The molecule has 0 saturated heterocycles. The topological polar surface area (TPSA) is 52.3 Å². The van der Waals surface area contributed by atoms with Gasteiger partial charge in [-0.15, -0.1) is 0 Å². The zero-order chi connectivity index (χ0) is 12.3. The van der Waals surface area contributed by atoms with E-state index in [0.29, 0.717) is 0 Å². The largest absolute Gasteiger partial charge is 0.483 e. The molecule has 16 heavy (non-hydrogen) atoms. The number of ether oxygens (including phenoxy) is 1. The summed E-state index contributed by atoms with van der Waals surface area (Å²) < 4.78 is 5.41. The van der Waals surface area contributed by atoms with E-state index in [9.17, 15) is 4.79 Å². The molecule has 88 valence electrons. The highest BCUT2D eigenvalue weighted by molar-refractivity contribution is 5.75. The number of rotatable bonds is 3. The molecular weight excluding hydrogens is 202 g/mol. The molecule has 1 aromatic carbocycles. The third-order valence-corrected chi connectivity index (χ3v) is 2.31. The zero-order valence-corrected chi connectivity index (χ0v) is 10.3. The minimum atomic E-state index is -0.458. The molecule has 0 saturated carbocycles. The fourth-order valence-electron chi connectivity index (χ4n) is 1.50. The van der Waals surface area contributed by atoms with Crippen LogP contribution in [0.4, 0.5) is 0 Å². The van der Waals surface area contributed by atoms with Crippen molar-refractivity contribution < 1.29 is 9.53 Å². The Hall–Kier alpha value is -1.51. The van der Waals surface area contributed by atoms with Crippen LogP contribution in [0.15, 0.2) is 18.2 Å².